The first-order chi connectivity index (χ1) is 16.2. The molecule has 0 fully saturated rings. The number of hydrogen-bond donors (Lipinski definition) is 2. The van der Waals surface area contributed by atoms with E-state index in [2.05, 4.69) is 62.0 Å². The van der Waals surface area contributed by atoms with Crippen molar-refractivity contribution in [1.82, 2.24) is 15.2 Å². The number of aromatic amines is 1. The predicted octanol–water partition coefficient (Wildman–Crippen LogP) is 5.63. The summed E-state index contributed by atoms with van der Waals surface area (Å²) in [5, 5.41) is 14.7. The van der Waals surface area contributed by atoms with Gasteiger partial charge in [0.1, 0.15) is 0 Å². The van der Waals surface area contributed by atoms with E-state index < -0.39 is 4.92 Å². The second-order valence-corrected chi connectivity index (χ2v) is 9.36. The lowest BCUT2D eigenvalue weighted by molar-refractivity contribution is -0.384. The molecule has 0 radical (unpaired) electrons. The van der Waals surface area contributed by atoms with Crippen molar-refractivity contribution in [2.75, 3.05) is 26.2 Å². The van der Waals surface area contributed by atoms with Crippen LogP contribution in [0.4, 0.5) is 5.69 Å². The van der Waals surface area contributed by atoms with Crippen LogP contribution in [0, 0.1) is 10.1 Å². The number of nitrogens with one attached hydrogen (secondary N) is 2. The minimum absolute atomic E-state index is 0.0278. The van der Waals surface area contributed by atoms with Gasteiger partial charge >= 0.3 is 0 Å². The Labute approximate surface area is 201 Å². The maximum absolute atomic E-state index is 13.2. The van der Waals surface area contributed by atoms with Gasteiger partial charge < -0.3 is 15.2 Å². The zero-order chi connectivity index (χ0) is 24.9. The Kier molecular flexibility index (Phi) is 7.89. The molecule has 2 aromatic carbocycles. The summed E-state index contributed by atoms with van der Waals surface area (Å²) in [6.45, 7) is 13.7. The molecule has 34 heavy (non-hydrogen) atoms. The average molecular weight is 463 g/mol. The molecule has 0 aliphatic carbocycles. The third-order valence-corrected chi connectivity index (χ3v) is 6.10. The Morgan fingerprint density at radius 3 is 2.29 bits per heavy atom. The third kappa shape index (κ3) is 5.72. The van der Waals surface area contributed by atoms with Gasteiger partial charge in [0.25, 0.3) is 11.6 Å². The molecule has 3 aromatic rings. The Hall–Kier alpha value is -3.45. The Morgan fingerprint density at radius 1 is 1.06 bits per heavy atom. The van der Waals surface area contributed by atoms with Crippen LogP contribution in [0.5, 0.6) is 0 Å². The van der Waals surface area contributed by atoms with Crippen LogP contribution in [-0.2, 0) is 5.41 Å². The van der Waals surface area contributed by atoms with Gasteiger partial charge in [0.05, 0.1) is 21.7 Å². The van der Waals surface area contributed by atoms with Gasteiger partial charge in [-0.3, -0.25) is 14.9 Å². The molecule has 0 unspecified atom stereocenters. The van der Waals surface area contributed by atoms with E-state index in [0.29, 0.717) is 23.4 Å². The largest absolute Gasteiger partial charge is 0.354 e. The number of H-pyrrole nitrogens is 1. The van der Waals surface area contributed by atoms with Crippen molar-refractivity contribution < 1.29 is 9.72 Å². The summed E-state index contributed by atoms with van der Waals surface area (Å²) in [5.74, 6) is -0.255. The van der Waals surface area contributed by atoms with Crippen molar-refractivity contribution in [1.29, 1.82) is 0 Å². The fourth-order valence-corrected chi connectivity index (χ4v) is 3.96. The van der Waals surface area contributed by atoms with Crippen LogP contribution in [0.1, 0.15) is 50.5 Å². The highest BCUT2D eigenvalue weighted by Gasteiger charge is 2.24. The average Bonchev–Trinajstić information content (AvgIpc) is 3.27. The highest BCUT2D eigenvalue weighted by atomic mass is 16.6. The summed E-state index contributed by atoms with van der Waals surface area (Å²) < 4.78 is 0. The van der Waals surface area contributed by atoms with E-state index in [-0.39, 0.29) is 17.0 Å². The van der Waals surface area contributed by atoms with Gasteiger partial charge in [0, 0.05) is 24.8 Å². The SMILES string of the molecule is CCN(CC)CCNC(=O)c1cc(-c2ccc(C(C)(C)C)cc2)[nH]c1-c1ccccc1[N+](=O)[O-]. The van der Waals surface area contributed by atoms with Gasteiger partial charge in [0.2, 0.25) is 0 Å². The van der Waals surface area contributed by atoms with Crippen LogP contribution >= 0.6 is 0 Å². The Bertz CT molecular complexity index is 1140. The summed E-state index contributed by atoms with van der Waals surface area (Å²) in [6, 6.07) is 16.4. The topological polar surface area (TPSA) is 91.3 Å². The number of nitro benzene ring substituents is 1. The van der Waals surface area contributed by atoms with E-state index in [9.17, 15) is 14.9 Å². The summed E-state index contributed by atoms with van der Waals surface area (Å²) >= 11 is 0. The molecule has 1 heterocycles. The lowest BCUT2D eigenvalue weighted by Crippen LogP contribution is -2.34. The van der Waals surface area contributed by atoms with Gasteiger partial charge in [-0.15, -0.1) is 0 Å². The van der Waals surface area contributed by atoms with Gasteiger partial charge in [-0.1, -0.05) is 71.0 Å². The zero-order valence-corrected chi connectivity index (χ0v) is 20.6. The second-order valence-electron chi connectivity index (χ2n) is 9.36. The summed E-state index contributed by atoms with van der Waals surface area (Å²) in [5.41, 5.74) is 4.06. The van der Waals surface area contributed by atoms with Crippen LogP contribution < -0.4 is 5.32 Å². The number of nitro groups is 1. The number of rotatable bonds is 9. The number of carbonyl (C=O) groups is 1. The predicted molar refractivity (Wildman–Crippen MR) is 137 cm³/mol. The molecule has 0 aliphatic heterocycles. The number of carbonyl (C=O) groups excluding carboxylic acids is 1. The van der Waals surface area contributed by atoms with E-state index in [4.69, 9.17) is 0 Å². The van der Waals surface area contributed by atoms with Crippen molar-refractivity contribution >= 4 is 11.6 Å². The second kappa shape index (κ2) is 10.7. The summed E-state index contributed by atoms with van der Waals surface area (Å²) in [6.07, 6.45) is 0. The first-order valence-electron chi connectivity index (χ1n) is 11.7. The molecule has 0 atom stereocenters. The van der Waals surface area contributed by atoms with E-state index >= 15 is 0 Å². The van der Waals surface area contributed by atoms with Crippen LogP contribution in [-0.4, -0.2) is 46.9 Å². The third-order valence-electron chi connectivity index (χ3n) is 6.10. The van der Waals surface area contributed by atoms with E-state index in [1.54, 1.807) is 24.3 Å². The van der Waals surface area contributed by atoms with Crippen molar-refractivity contribution in [2.45, 2.75) is 40.0 Å². The minimum atomic E-state index is -0.421. The fraction of sp³-hybridized carbons (Fsp3) is 0.370. The van der Waals surface area contributed by atoms with Gasteiger partial charge in [-0.2, -0.15) is 0 Å². The molecule has 0 bridgehead atoms. The number of amides is 1. The highest BCUT2D eigenvalue weighted by Crippen LogP contribution is 2.35. The highest BCUT2D eigenvalue weighted by molar-refractivity contribution is 6.02. The number of nitrogens with zero attached hydrogens (tertiary/aromatic N) is 2. The Balaban J connectivity index is 2.01. The number of aromatic nitrogens is 1. The van der Waals surface area contributed by atoms with E-state index in [1.165, 1.54) is 11.6 Å². The number of para-hydroxylation sites is 1. The van der Waals surface area contributed by atoms with Crippen LogP contribution in [0.25, 0.3) is 22.5 Å². The molecule has 3 rings (SSSR count). The van der Waals surface area contributed by atoms with E-state index in [1.807, 2.05) is 12.1 Å². The lowest BCUT2D eigenvalue weighted by atomic mass is 9.86. The molecule has 1 aromatic heterocycles. The molecule has 180 valence electrons. The maximum atomic E-state index is 13.2. The van der Waals surface area contributed by atoms with Crippen molar-refractivity contribution in [2.24, 2.45) is 0 Å². The molecular formula is C27H34N4O3. The monoisotopic (exact) mass is 462 g/mol. The molecule has 0 saturated carbocycles. The smallest absolute Gasteiger partial charge is 0.278 e. The van der Waals surface area contributed by atoms with Crippen molar-refractivity contribution in [3.05, 3.63) is 75.8 Å². The molecule has 7 nitrogen and oxygen atoms in total. The molecule has 7 heteroatoms. The standard InChI is InChI=1S/C27H34N4O3/c1-6-30(7-2)17-16-28-26(32)22-18-23(19-12-14-20(15-13-19)27(3,4)5)29-25(22)21-10-8-9-11-24(21)31(33)34/h8-15,18,29H,6-7,16-17H2,1-5H3,(H,28,32). The zero-order valence-electron chi connectivity index (χ0n) is 20.6. The summed E-state index contributed by atoms with van der Waals surface area (Å²) in [4.78, 5) is 30.0. The first-order valence-corrected chi connectivity index (χ1v) is 11.7. The normalized spacial score (nSPS) is 11.6. The number of hydrogen-bond acceptors (Lipinski definition) is 4. The van der Waals surface area contributed by atoms with Crippen molar-refractivity contribution in [3.8, 4) is 22.5 Å². The molecule has 0 saturated heterocycles. The first kappa shape index (κ1) is 25.2. The number of benzene rings is 2. The van der Waals surface area contributed by atoms with E-state index in [0.717, 1.165) is 30.9 Å². The van der Waals surface area contributed by atoms with Crippen LogP contribution in [0.15, 0.2) is 54.6 Å². The number of likely N-dealkylation sites (N-methyl/N-ethyl adjacent to an activating group) is 1. The lowest BCUT2D eigenvalue weighted by Gasteiger charge is -2.19. The summed E-state index contributed by atoms with van der Waals surface area (Å²) in [7, 11) is 0. The van der Waals surface area contributed by atoms with Gasteiger partial charge in [0.15, 0.2) is 0 Å². The van der Waals surface area contributed by atoms with Crippen LogP contribution in [0.3, 0.4) is 0 Å². The molecular weight excluding hydrogens is 428 g/mol. The maximum Gasteiger partial charge on any atom is 0.278 e. The molecule has 2 N–H and O–H groups in total. The minimum Gasteiger partial charge on any atom is -0.354 e. The Morgan fingerprint density at radius 2 is 1.71 bits per heavy atom. The van der Waals surface area contributed by atoms with Crippen molar-refractivity contribution in [3.63, 3.8) is 0 Å². The fourth-order valence-electron chi connectivity index (χ4n) is 3.96. The van der Waals surface area contributed by atoms with Gasteiger partial charge in [-0.05, 0) is 41.8 Å². The van der Waals surface area contributed by atoms with Gasteiger partial charge in [-0.25, -0.2) is 0 Å². The molecule has 0 spiro atoms. The van der Waals surface area contributed by atoms with Crippen LogP contribution in [0.2, 0.25) is 0 Å². The molecule has 1 amide bonds. The molecule has 0 aliphatic rings. The quantitative estimate of drug-likeness (QED) is 0.319.